The number of hydrogen-bond donors (Lipinski definition) is 0. The quantitative estimate of drug-likeness (QED) is 0.376. The summed E-state index contributed by atoms with van der Waals surface area (Å²) in [5.74, 6) is -1.48. The molecule has 0 spiro atoms. The Morgan fingerprint density at radius 1 is 1.18 bits per heavy atom. The van der Waals surface area contributed by atoms with E-state index >= 15 is 0 Å². The van der Waals surface area contributed by atoms with Crippen molar-refractivity contribution in [1.82, 2.24) is 0 Å². The van der Waals surface area contributed by atoms with E-state index in [2.05, 4.69) is 9.47 Å². The summed E-state index contributed by atoms with van der Waals surface area (Å²) in [5, 5.41) is 0. The maximum atomic E-state index is 11.2. The van der Waals surface area contributed by atoms with Gasteiger partial charge in [0.1, 0.15) is 0 Å². The van der Waals surface area contributed by atoms with Crippen LogP contribution in [-0.4, -0.2) is 37.2 Å². The molecule has 0 aliphatic rings. The van der Waals surface area contributed by atoms with Gasteiger partial charge in [-0.15, -0.1) is 0 Å². The average Bonchev–Trinajstić information content (AvgIpc) is 2.24. The minimum Gasteiger partial charge on any atom is -0.466 e. The lowest BCUT2D eigenvalue weighted by atomic mass is 10.3. The molecule has 0 rings (SSSR count). The molecule has 0 radical (unpaired) electrons. The van der Waals surface area contributed by atoms with E-state index in [1.54, 1.807) is 6.92 Å². The molecule has 0 aromatic rings. The van der Waals surface area contributed by atoms with Crippen LogP contribution in [0.1, 0.15) is 33.6 Å². The van der Waals surface area contributed by atoms with Crippen LogP contribution in [0.3, 0.4) is 0 Å². The molecule has 0 saturated heterocycles. The molecule has 0 aliphatic carbocycles. The Kier molecular flexibility index (Phi) is 7.75. The molecule has 0 amide bonds. The van der Waals surface area contributed by atoms with Gasteiger partial charge in [0.25, 0.3) is 0 Å². The number of hydrogen-bond acceptors (Lipinski definition) is 6. The van der Waals surface area contributed by atoms with Crippen molar-refractivity contribution in [2.45, 2.75) is 39.7 Å². The Hall–Kier alpha value is -1.59. The zero-order valence-corrected chi connectivity index (χ0v) is 10.4. The summed E-state index contributed by atoms with van der Waals surface area (Å²) in [6.07, 6.45) is -0.443. The number of carbonyl (C=O) groups excluding carboxylic acids is 3. The molecule has 0 heterocycles. The van der Waals surface area contributed by atoms with E-state index in [0.717, 1.165) is 0 Å². The Bertz CT molecular complexity index is 273. The molecule has 0 aromatic carbocycles. The predicted octanol–water partition coefficient (Wildman–Crippen LogP) is 0.825. The van der Waals surface area contributed by atoms with Crippen LogP contribution < -0.4 is 0 Å². The topological polar surface area (TPSA) is 78.9 Å². The van der Waals surface area contributed by atoms with Gasteiger partial charge in [-0.2, -0.15) is 0 Å². The van der Waals surface area contributed by atoms with Crippen LogP contribution in [0.2, 0.25) is 0 Å². The highest BCUT2D eigenvalue weighted by molar-refractivity contribution is 5.78. The van der Waals surface area contributed by atoms with Gasteiger partial charge in [-0.3, -0.25) is 9.59 Å². The summed E-state index contributed by atoms with van der Waals surface area (Å²) in [7, 11) is 0. The van der Waals surface area contributed by atoms with Crippen LogP contribution in [-0.2, 0) is 28.6 Å². The highest BCUT2D eigenvalue weighted by Gasteiger charge is 2.18. The lowest BCUT2D eigenvalue weighted by Crippen LogP contribution is -2.26. The van der Waals surface area contributed by atoms with Crippen molar-refractivity contribution in [3.8, 4) is 0 Å². The molecule has 0 aromatic heterocycles. The molecule has 6 heteroatoms. The Morgan fingerprint density at radius 2 is 1.82 bits per heavy atom. The predicted molar refractivity (Wildman–Crippen MR) is 58.1 cm³/mol. The van der Waals surface area contributed by atoms with Crippen LogP contribution in [0.15, 0.2) is 0 Å². The highest BCUT2D eigenvalue weighted by Crippen LogP contribution is 2.00. The summed E-state index contributed by atoms with van der Waals surface area (Å²) < 4.78 is 14.1. The van der Waals surface area contributed by atoms with Gasteiger partial charge in [0, 0.05) is 13.3 Å². The standard InChI is InChI=1S/C11H18O6/c1-4-15-11(14)8(2)17-10(13)6-5-7-16-9(3)12/h8H,4-7H2,1-3H3. The fourth-order valence-electron chi connectivity index (χ4n) is 0.996. The van der Waals surface area contributed by atoms with Crippen LogP contribution in [0, 0.1) is 0 Å². The normalized spacial score (nSPS) is 11.5. The second-order valence-electron chi connectivity index (χ2n) is 3.33. The Morgan fingerprint density at radius 3 is 2.35 bits per heavy atom. The van der Waals surface area contributed by atoms with Gasteiger partial charge in [-0.25, -0.2) is 4.79 Å². The zero-order chi connectivity index (χ0) is 13.3. The monoisotopic (exact) mass is 246 g/mol. The average molecular weight is 246 g/mol. The van der Waals surface area contributed by atoms with Gasteiger partial charge in [0.15, 0.2) is 6.10 Å². The van der Waals surface area contributed by atoms with Gasteiger partial charge in [-0.05, 0) is 20.3 Å². The third kappa shape index (κ3) is 8.24. The third-order valence-corrected chi connectivity index (χ3v) is 1.76. The fraction of sp³-hybridized carbons (Fsp3) is 0.727. The number of carbonyl (C=O) groups is 3. The van der Waals surface area contributed by atoms with E-state index in [-0.39, 0.29) is 19.6 Å². The third-order valence-electron chi connectivity index (χ3n) is 1.76. The molecule has 0 saturated carbocycles. The smallest absolute Gasteiger partial charge is 0.347 e. The lowest BCUT2D eigenvalue weighted by Gasteiger charge is -2.11. The Balaban J connectivity index is 3.71. The second-order valence-corrected chi connectivity index (χ2v) is 3.33. The fourth-order valence-corrected chi connectivity index (χ4v) is 0.996. The van der Waals surface area contributed by atoms with E-state index in [4.69, 9.17) is 4.74 Å². The van der Waals surface area contributed by atoms with Gasteiger partial charge < -0.3 is 14.2 Å². The number of esters is 3. The highest BCUT2D eigenvalue weighted by atomic mass is 16.6. The van der Waals surface area contributed by atoms with Gasteiger partial charge in [0.05, 0.1) is 13.2 Å². The lowest BCUT2D eigenvalue weighted by molar-refractivity contribution is -0.166. The SMILES string of the molecule is CCOC(=O)C(C)OC(=O)CCCOC(C)=O. The summed E-state index contributed by atoms with van der Waals surface area (Å²) in [6.45, 7) is 4.82. The molecule has 6 nitrogen and oxygen atoms in total. The molecule has 98 valence electrons. The molecule has 1 unspecified atom stereocenters. The van der Waals surface area contributed by atoms with Crippen LogP contribution in [0.25, 0.3) is 0 Å². The van der Waals surface area contributed by atoms with Crippen molar-refractivity contribution in [3.63, 3.8) is 0 Å². The van der Waals surface area contributed by atoms with Gasteiger partial charge in [-0.1, -0.05) is 0 Å². The maximum absolute atomic E-state index is 11.2. The largest absolute Gasteiger partial charge is 0.466 e. The first-order valence-corrected chi connectivity index (χ1v) is 5.46. The minimum atomic E-state index is -0.906. The maximum Gasteiger partial charge on any atom is 0.347 e. The van der Waals surface area contributed by atoms with Gasteiger partial charge >= 0.3 is 17.9 Å². The molecular weight excluding hydrogens is 228 g/mol. The minimum absolute atomic E-state index is 0.0943. The van der Waals surface area contributed by atoms with Crippen molar-refractivity contribution in [1.29, 1.82) is 0 Å². The van der Waals surface area contributed by atoms with E-state index in [0.29, 0.717) is 6.42 Å². The van der Waals surface area contributed by atoms with Crippen molar-refractivity contribution in [2.75, 3.05) is 13.2 Å². The summed E-state index contributed by atoms with van der Waals surface area (Å²) in [4.78, 5) is 32.8. The zero-order valence-electron chi connectivity index (χ0n) is 10.4. The Labute approximate surface area is 100 Å². The van der Waals surface area contributed by atoms with E-state index in [1.165, 1.54) is 13.8 Å². The first-order chi connectivity index (χ1) is 7.97. The first-order valence-electron chi connectivity index (χ1n) is 5.46. The number of ether oxygens (including phenoxy) is 3. The molecule has 17 heavy (non-hydrogen) atoms. The van der Waals surface area contributed by atoms with Crippen molar-refractivity contribution in [3.05, 3.63) is 0 Å². The first kappa shape index (κ1) is 15.4. The molecule has 0 fully saturated rings. The summed E-state index contributed by atoms with van der Waals surface area (Å²) in [5.41, 5.74) is 0. The summed E-state index contributed by atoms with van der Waals surface area (Å²) >= 11 is 0. The summed E-state index contributed by atoms with van der Waals surface area (Å²) in [6, 6.07) is 0. The van der Waals surface area contributed by atoms with Crippen molar-refractivity contribution >= 4 is 17.9 Å². The molecular formula is C11H18O6. The van der Waals surface area contributed by atoms with E-state index in [1.807, 2.05) is 0 Å². The van der Waals surface area contributed by atoms with E-state index < -0.39 is 24.0 Å². The molecule has 0 N–H and O–H groups in total. The second kappa shape index (κ2) is 8.55. The van der Waals surface area contributed by atoms with Crippen LogP contribution in [0.4, 0.5) is 0 Å². The molecule has 1 atom stereocenters. The van der Waals surface area contributed by atoms with Gasteiger partial charge in [0.2, 0.25) is 0 Å². The van der Waals surface area contributed by atoms with Crippen molar-refractivity contribution < 1.29 is 28.6 Å². The van der Waals surface area contributed by atoms with Crippen LogP contribution in [0.5, 0.6) is 0 Å². The molecule has 0 bridgehead atoms. The molecule has 0 aliphatic heterocycles. The number of rotatable bonds is 7. The van der Waals surface area contributed by atoms with Crippen LogP contribution >= 0.6 is 0 Å². The van der Waals surface area contributed by atoms with E-state index in [9.17, 15) is 14.4 Å². The van der Waals surface area contributed by atoms with Crippen molar-refractivity contribution in [2.24, 2.45) is 0 Å².